The summed E-state index contributed by atoms with van der Waals surface area (Å²) in [5.74, 6) is 0.147. The van der Waals surface area contributed by atoms with Crippen LogP contribution in [0, 0.1) is 6.92 Å². The molecule has 5 rings (SSSR count). The molecule has 0 amide bonds. The molecule has 9 nitrogen and oxygen atoms in total. The maximum absolute atomic E-state index is 13.7. The van der Waals surface area contributed by atoms with Gasteiger partial charge in [0.1, 0.15) is 5.69 Å². The van der Waals surface area contributed by atoms with Crippen LogP contribution in [0.1, 0.15) is 11.3 Å². The lowest BCUT2D eigenvalue weighted by Crippen LogP contribution is -2.13. The average molecular weight is 452 g/mol. The predicted octanol–water partition coefficient (Wildman–Crippen LogP) is 3.50. The van der Waals surface area contributed by atoms with E-state index in [1.165, 1.54) is 28.9 Å². The number of alkyl halides is 3. The summed E-state index contributed by atoms with van der Waals surface area (Å²) in [7, 11) is 1.76. The molecule has 0 bridgehead atoms. The Morgan fingerprint density at radius 3 is 2.61 bits per heavy atom. The second-order valence-corrected chi connectivity index (χ2v) is 7.25. The van der Waals surface area contributed by atoms with Gasteiger partial charge >= 0.3 is 6.18 Å². The minimum absolute atomic E-state index is 0.0206. The zero-order valence-corrected chi connectivity index (χ0v) is 17.3. The molecule has 0 saturated carbocycles. The number of nitrogens with zero attached hydrogens (tertiary/aromatic N) is 7. The lowest BCUT2D eigenvalue weighted by atomic mass is 10.1. The van der Waals surface area contributed by atoms with Crippen molar-refractivity contribution in [2.24, 2.45) is 7.05 Å². The van der Waals surface area contributed by atoms with Gasteiger partial charge in [-0.3, -0.25) is 9.48 Å². The first-order valence-corrected chi connectivity index (χ1v) is 9.72. The Balaban J connectivity index is 1.84. The van der Waals surface area contributed by atoms with Crippen molar-refractivity contribution in [1.29, 1.82) is 0 Å². The highest BCUT2D eigenvalue weighted by Crippen LogP contribution is 2.36. The minimum atomic E-state index is -4.64. The molecule has 0 fully saturated rings. The zero-order valence-electron chi connectivity index (χ0n) is 17.3. The highest BCUT2D eigenvalue weighted by molar-refractivity contribution is 5.95. The van der Waals surface area contributed by atoms with E-state index < -0.39 is 17.3 Å². The first-order valence-electron chi connectivity index (χ1n) is 9.72. The molecule has 166 valence electrons. The number of aryl methyl sites for hydroxylation is 1. The van der Waals surface area contributed by atoms with Gasteiger partial charge in [0.2, 0.25) is 5.95 Å². The summed E-state index contributed by atoms with van der Waals surface area (Å²) >= 11 is 0. The van der Waals surface area contributed by atoms with E-state index in [0.717, 1.165) is 11.8 Å². The normalized spacial score (nSPS) is 11.9. The van der Waals surface area contributed by atoms with Crippen LogP contribution in [0.3, 0.4) is 0 Å². The summed E-state index contributed by atoms with van der Waals surface area (Å²) in [6, 6.07) is 8.31. The third kappa shape index (κ3) is 3.45. The number of nitrogens with one attached hydrogen (secondary N) is 1. The van der Waals surface area contributed by atoms with E-state index in [9.17, 15) is 18.0 Å². The highest BCUT2D eigenvalue weighted by Gasteiger charge is 2.34. The van der Waals surface area contributed by atoms with Gasteiger partial charge in [0, 0.05) is 24.3 Å². The molecule has 0 unspecified atom stereocenters. The van der Waals surface area contributed by atoms with Crippen LogP contribution < -0.4 is 10.9 Å². The van der Waals surface area contributed by atoms with Crippen LogP contribution in [0.15, 0.2) is 53.6 Å². The molecule has 1 aromatic carbocycles. The van der Waals surface area contributed by atoms with Gasteiger partial charge in [-0.1, -0.05) is 12.1 Å². The monoisotopic (exact) mass is 452 g/mol. The van der Waals surface area contributed by atoms with Crippen LogP contribution in [0.2, 0.25) is 0 Å². The van der Waals surface area contributed by atoms with Crippen molar-refractivity contribution >= 4 is 28.2 Å². The lowest BCUT2D eigenvalue weighted by Gasteiger charge is -2.12. The van der Waals surface area contributed by atoms with E-state index in [1.807, 2.05) is 6.92 Å². The van der Waals surface area contributed by atoms with E-state index in [0.29, 0.717) is 5.56 Å². The van der Waals surface area contributed by atoms with E-state index in [4.69, 9.17) is 0 Å². The lowest BCUT2D eigenvalue weighted by molar-refractivity contribution is -0.136. The number of fused-ring (bicyclic) bond motifs is 3. The summed E-state index contributed by atoms with van der Waals surface area (Å²) in [4.78, 5) is 24.7. The van der Waals surface area contributed by atoms with Crippen molar-refractivity contribution in [3.8, 4) is 11.4 Å². The van der Waals surface area contributed by atoms with E-state index in [-0.39, 0.29) is 34.0 Å². The molecule has 0 aliphatic heterocycles. The maximum Gasteiger partial charge on any atom is 0.418 e. The zero-order chi connectivity index (χ0) is 23.3. The summed E-state index contributed by atoms with van der Waals surface area (Å²) in [5.41, 5.74) is -0.295. The van der Waals surface area contributed by atoms with Crippen LogP contribution >= 0.6 is 0 Å². The first kappa shape index (κ1) is 20.5. The van der Waals surface area contributed by atoms with Crippen LogP contribution in [0.25, 0.3) is 27.9 Å². The van der Waals surface area contributed by atoms with Gasteiger partial charge in [0.05, 0.1) is 22.8 Å². The quantitative estimate of drug-likeness (QED) is 0.447. The Kier molecular flexibility index (Phi) is 4.58. The molecule has 4 aromatic heterocycles. The number of rotatable bonds is 3. The molecular formula is C21H15F3N8O. The number of halogens is 3. The Hall–Kier alpha value is -4.35. The Labute approximate surface area is 183 Å². The number of hydrogen-bond donors (Lipinski definition) is 1. The SMILES string of the molecule is Cc1c(-c2nc3c4cccc(C(F)(F)F)c4nc(Nc4ccccnc4=O)n3n2)cnn1C. The number of benzene rings is 1. The third-order valence-electron chi connectivity index (χ3n) is 5.21. The van der Waals surface area contributed by atoms with Crippen molar-refractivity contribution in [3.63, 3.8) is 0 Å². The van der Waals surface area contributed by atoms with Gasteiger partial charge in [-0.15, -0.1) is 5.10 Å². The molecule has 0 saturated heterocycles. The standard InChI is InChI=1S/C21H15F3N8O/c1-11-13(10-26-31(11)2)17-29-18-12-6-5-7-14(21(22,23)24)16(12)28-20(32(18)30-17)27-15-8-3-4-9-25-19(15)33/h3-10H,1-2H3,(H,25,27,28,33). The van der Waals surface area contributed by atoms with Crippen LogP contribution in [0.5, 0.6) is 0 Å². The number of para-hydroxylation sites is 1. The second-order valence-electron chi connectivity index (χ2n) is 7.25. The molecule has 0 radical (unpaired) electrons. The molecule has 0 aliphatic rings. The molecule has 33 heavy (non-hydrogen) atoms. The van der Waals surface area contributed by atoms with E-state index in [1.54, 1.807) is 30.1 Å². The van der Waals surface area contributed by atoms with Crippen molar-refractivity contribution in [2.75, 3.05) is 5.32 Å². The van der Waals surface area contributed by atoms with Gasteiger partial charge < -0.3 is 5.32 Å². The largest absolute Gasteiger partial charge is 0.418 e. The molecule has 5 aromatic rings. The minimum Gasteiger partial charge on any atom is -0.319 e. The molecule has 12 heteroatoms. The summed E-state index contributed by atoms with van der Waals surface area (Å²) in [6.07, 6.45) is -1.75. The van der Waals surface area contributed by atoms with Crippen LogP contribution in [-0.4, -0.2) is 34.3 Å². The Bertz CT molecular complexity index is 1590. The predicted molar refractivity (Wildman–Crippen MR) is 114 cm³/mol. The maximum atomic E-state index is 13.7. The molecule has 0 aliphatic carbocycles. The molecule has 1 N–H and O–H groups in total. The van der Waals surface area contributed by atoms with Gasteiger partial charge in [-0.25, -0.2) is 15.0 Å². The molecular weight excluding hydrogens is 437 g/mol. The molecule has 0 spiro atoms. The van der Waals surface area contributed by atoms with Gasteiger partial charge in [0.25, 0.3) is 5.56 Å². The van der Waals surface area contributed by atoms with E-state index in [2.05, 4.69) is 30.5 Å². The summed E-state index contributed by atoms with van der Waals surface area (Å²) in [5, 5.41) is 11.6. The van der Waals surface area contributed by atoms with Gasteiger partial charge in [-0.2, -0.15) is 22.8 Å². The summed E-state index contributed by atoms with van der Waals surface area (Å²) in [6.45, 7) is 1.82. The third-order valence-corrected chi connectivity index (χ3v) is 5.21. The van der Waals surface area contributed by atoms with Crippen molar-refractivity contribution < 1.29 is 13.2 Å². The first-order chi connectivity index (χ1) is 15.7. The van der Waals surface area contributed by atoms with Crippen LogP contribution in [-0.2, 0) is 13.2 Å². The Morgan fingerprint density at radius 2 is 1.88 bits per heavy atom. The number of anilines is 2. The summed E-state index contributed by atoms with van der Waals surface area (Å²) < 4.78 is 44.1. The topological polar surface area (TPSA) is 103 Å². The average Bonchev–Trinajstić information content (AvgIpc) is 3.28. The fraction of sp³-hybridized carbons (Fsp3) is 0.143. The second kappa shape index (κ2) is 7.36. The fourth-order valence-corrected chi connectivity index (χ4v) is 3.44. The van der Waals surface area contributed by atoms with Crippen molar-refractivity contribution in [2.45, 2.75) is 13.1 Å². The van der Waals surface area contributed by atoms with Gasteiger partial charge in [-0.05, 0) is 31.2 Å². The smallest absolute Gasteiger partial charge is 0.319 e. The number of hydrogen-bond acceptors (Lipinski definition) is 7. The van der Waals surface area contributed by atoms with Crippen molar-refractivity contribution in [3.05, 3.63) is 70.4 Å². The molecule has 4 heterocycles. The fourth-order valence-electron chi connectivity index (χ4n) is 3.44. The van der Waals surface area contributed by atoms with E-state index >= 15 is 0 Å². The van der Waals surface area contributed by atoms with Crippen LogP contribution in [0.4, 0.5) is 24.8 Å². The van der Waals surface area contributed by atoms with Gasteiger partial charge in [0.15, 0.2) is 11.5 Å². The number of aromatic nitrogens is 7. The Morgan fingerprint density at radius 1 is 1.06 bits per heavy atom. The van der Waals surface area contributed by atoms with Crippen molar-refractivity contribution in [1.82, 2.24) is 34.3 Å². The highest BCUT2D eigenvalue weighted by atomic mass is 19.4. The molecule has 0 atom stereocenters.